The Morgan fingerprint density at radius 1 is 1.50 bits per heavy atom. The highest BCUT2D eigenvalue weighted by Crippen LogP contribution is 2.35. The number of terminal acetylenes is 1. The first-order valence-corrected chi connectivity index (χ1v) is 9.08. The third-order valence-corrected chi connectivity index (χ3v) is 5.36. The van der Waals surface area contributed by atoms with Crippen LogP contribution in [0, 0.1) is 17.1 Å². The number of hydrogen-bond donors (Lipinski definition) is 1. The summed E-state index contributed by atoms with van der Waals surface area (Å²) in [6.45, 7) is 1.04. The Balaban J connectivity index is 1.84. The summed E-state index contributed by atoms with van der Waals surface area (Å²) in [7, 11) is 1.86. The SMILES string of the molecule is C#CCN(Cn1nc(CCC(N)=O)n(C)c1=S)[C@@H]1CCc2ccccc21. The van der Waals surface area contributed by atoms with E-state index in [2.05, 4.69) is 40.2 Å². The molecule has 0 bridgehead atoms. The fourth-order valence-electron chi connectivity index (χ4n) is 3.54. The Morgan fingerprint density at radius 2 is 2.27 bits per heavy atom. The molecular weight excluding hydrogens is 346 g/mol. The molecule has 136 valence electrons. The standard InChI is InChI=1S/C19H23N5OS/c1-3-12-23(16-9-8-14-6-4-5-7-15(14)16)13-24-19(26)22(2)18(21-24)11-10-17(20)25/h1,4-7,16H,8-13H2,2H3,(H2,20,25)/t16-/m1/s1. The Hall–Kier alpha value is -2.43. The maximum atomic E-state index is 11.1. The fraction of sp³-hybridized carbons (Fsp3) is 0.421. The van der Waals surface area contributed by atoms with Crippen LogP contribution in [0.5, 0.6) is 0 Å². The lowest BCUT2D eigenvalue weighted by Gasteiger charge is -2.27. The van der Waals surface area contributed by atoms with Crippen molar-refractivity contribution in [3.63, 3.8) is 0 Å². The number of fused-ring (bicyclic) bond motifs is 1. The third-order valence-electron chi connectivity index (χ3n) is 4.88. The molecule has 2 aromatic rings. The summed E-state index contributed by atoms with van der Waals surface area (Å²) in [6.07, 6.45) is 8.44. The van der Waals surface area contributed by atoms with Crippen molar-refractivity contribution in [2.45, 2.75) is 38.4 Å². The average Bonchev–Trinajstić information content (AvgIpc) is 3.16. The molecule has 1 aliphatic rings. The molecule has 0 fully saturated rings. The first-order chi connectivity index (χ1) is 12.5. The summed E-state index contributed by atoms with van der Waals surface area (Å²) in [5.41, 5.74) is 7.96. The van der Waals surface area contributed by atoms with E-state index in [1.807, 2.05) is 11.6 Å². The number of carbonyl (C=O) groups is 1. The molecule has 0 saturated heterocycles. The van der Waals surface area contributed by atoms with E-state index >= 15 is 0 Å². The Bertz CT molecular complexity index is 907. The summed E-state index contributed by atoms with van der Waals surface area (Å²) >= 11 is 5.52. The predicted molar refractivity (Wildman–Crippen MR) is 103 cm³/mol. The molecule has 7 heteroatoms. The Labute approximate surface area is 158 Å². The molecule has 26 heavy (non-hydrogen) atoms. The van der Waals surface area contributed by atoms with Gasteiger partial charge in [0.15, 0.2) is 4.77 Å². The van der Waals surface area contributed by atoms with E-state index in [0.29, 0.717) is 24.4 Å². The van der Waals surface area contributed by atoms with Gasteiger partial charge in [0.2, 0.25) is 5.91 Å². The van der Waals surface area contributed by atoms with Crippen LogP contribution in [0.3, 0.4) is 0 Å². The normalized spacial score (nSPS) is 15.8. The van der Waals surface area contributed by atoms with Crippen molar-refractivity contribution in [3.05, 3.63) is 46.0 Å². The number of primary amides is 1. The van der Waals surface area contributed by atoms with Gasteiger partial charge in [-0.15, -0.1) is 6.42 Å². The number of aryl methyl sites for hydroxylation is 2. The van der Waals surface area contributed by atoms with Crippen molar-refractivity contribution in [2.75, 3.05) is 6.54 Å². The highest BCUT2D eigenvalue weighted by atomic mass is 32.1. The quantitative estimate of drug-likeness (QED) is 0.598. The molecule has 1 aromatic heterocycles. The van der Waals surface area contributed by atoms with E-state index in [9.17, 15) is 4.79 Å². The van der Waals surface area contributed by atoms with Crippen LogP contribution in [-0.4, -0.2) is 31.7 Å². The van der Waals surface area contributed by atoms with Crippen molar-refractivity contribution in [1.82, 2.24) is 19.2 Å². The number of carbonyl (C=O) groups excluding carboxylic acids is 1. The number of aromatic nitrogens is 3. The molecule has 0 unspecified atom stereocenters. The summed E-state index contributed by atoms with van der Waals surface area (Å²) in [6, 6.07) is 8.76. The predicted octanol–water partition coefficient (Wildman–Crippen LogP) is 1.95. The molecule has 1 aliphatic carbocycles. The minimum Gasteiger partial charge on any atom is -0.370 e. The number of rotatable bonds is 7. The monoisotopic (exact) mass is 369 g/mol. The first-order valence-electron chi connectivity index (χ1n) is 8.67. The average molecular weight is 369 g/mol. The largest absolute Gasteiger partial charge is 0.370 e. The number of nitrogens with zero attached hydrogens (tertiary/aromatic N) is 4. The number of nitrogens with two attached hydrogens (primary N) is 1. The molecule has 1 amide bonds. The van der Waals surface area contributed by atoms with E-state index in [4.69, 9.17) is 24.4 Å². The smallest absolute Gasteiger partial charge is 0.217 e. The number of benzene rings is 1. The van der Waals surface area contributed by atoms with Gasteiger partial charge >= 0.3 is 0 Å². The van der Waals surface area contributed by atoms with Gasteiger partial charge < -0.3 is 10.3 Å². The maximum absolute atomic E-state index is 11.1. The highest BCUT2D eigenvalue weighted by molar-refractivity contribution is 7.71. The zero-order valence-corrected chi connectivity index (χ0v) is 15.7. The second-order valence-corrected chi connectivity index (χ2v) is 6.93. The molecule has 0 spiro atoms. The number of hydrogen-bond acceptors (Lipinski definition) is 4. The van der Waals surface area contributed by atoms with Gasteiger partial charge in [-0.2, -0.15) is 5.10 Å². The molecule has 1 aromatic carbocycles. The van der Waals surface area contributed by atoms with Gasteiger partial charge in [0.25, 0.3) is 0 Å². The van der Waals surface area contributed by atoms with Crippen LogP contribution in [0.15, 0.2) is 24.3 Å². The van der Waals surface area contributed by atoms with Crippen LogP contribution in [0.2, 0.25) is 0 Å². The van der Waals surface area contributed by atoms with Gasteiger partial charge in [-0.3, -0.25) is 9.69 Å². The maximum Gasteiger partial charge on any atom is 0.217 e. The van der Waals surface area contributed by atoms with Gasteiger partial charge in [-0.05, 0) is 36.2 Å². The van der Waals surface area contributed by atoms with Crippen LogP contribution in [0.1, 0.15) is 35.8 Å². The molecule has 6 nitrogen and oxygen atoms in total. The summed E-state index contributed by atoms with van der Waals surface area (Å²) in [4.78, 5) is 13.3. The van der Waals surface area contributed by atoms with Gasteiger partial charge in [-0.1, -0.05) is 30.2 Å². The highest BCUT2D eigenvalue weighted by Gasteiger charge is 2.28. The van der Waals surface area contributed by atoms with Gasteiger partial charge in [0, 0.05) is 25.9 Å². The summed E-state index contributed by atoms with van der Waals surface area (Å²) in [5.74, 6) is 3.17. The summed E-state index contributed by atoms with van der Waals surface area (Å²) < 4.78 is 4.22. The minimum atomic E-state index is -0.345. The van der Waals surface area contributed by atoms with E-state index < -0.39 is 0 Å². The molecular formula is C19H23N5OS. The third kappa shape index (κ3) is 3.71. The van der Waals surface area contributed by atoms with Crippen LogP contribution < -0.4 is 5.73 Å². The topological polar surface area (TPSA) is 69.1 Å². The van der Waals surface area contributed by atoms with Crippen molar-refractivity contribution >= 4 is 18.1 Å². The van der Waals surface area contributed by atoms with Crippen LogP contribution in [-0.2, 0) is 31.4 Å². The van der Waals surface area contributed by atoms with E-state index in [1.165, 1.54) is 11.1 Å². The first kappa shape index (κ1) is 18.4. The molecule has 1 atom stereocenters. The minimum absolute atomic E-state index is 0.254. The van der Waals surface area contributed by atoms with Gasteiger partial charge in [0.1, 0.15) is 5.82 Å². The molecule has 0 aliphatic heterocycles. The lowest BCUT2D eigenvalue weighted by atomic mass is 10.1. The van der Waals surface area contributed by atoms with Gasteiger partial charge in [-0.25, -0.2) is 4.68 Å². The van der Waals surface area contributed by atoms with Crippen LogP contribution in [0.4, 0.5) is 0 Å². The molecule has 3 rings (SSSR count). The Morgan fingerprint density at radius 3 is 3.00 bits per heavy atom. The van der Waals surface area contributed by atoms with Crippen molar-refractivity contribution in [2.24, 2.45) is 12.8 Å². The molecule has 0 radical (unpaired) electrons. The lowest BCUT2D eigenvalue weighted by Crippen LogP contribution is -2.31. The van der Waals surface area contributed by atoms with E-state index in [0.717, 1.165) is 18.7 Å². The lowest BCUT2D eigenvalue weighted by molar-refractivity contribution is -0.118. The fourth-order valence-corrected chi connectivity index (χ4v) is 3.74. The zero-order chi connectivity index (χ0) is 18.7. The molecule has 2 N–H and O–H groups in total. The van der Waals surface area contributed by atoms with Gasteiger partial charge in [0.05, 0.1) is 13.2 Å². The van der Waals surface area contributed by atoms with Crippen LogP contribution in [0.25, 0.3) is 0 Å². The van der Waals surface area contributed by atoms with E-state index in [-0.39, 0.29) is 18.4 Å². The van der Waals surface area contributed by atoms with Crippen molar-refractivity contribution in [3.8, 4) is 12.3 Å². The Kier molecular flexibility index (Phi) is 5.55. The van der Waals surface area contributed by atoms with E-state index in [1.54, 1.807) is 4.68 Å². The molecule has 1 heterocycles. The molecule has 0 saturated carbocycles. The summed E-state index contributed by atoms with van der Waals surface area (Å²) in [5, 5.41) is 4.59. The van der Waals surface area contributed by atoms with Crippen molar-refractivity contribution < 1.29 is 4.79 Å². The zero-order valence-electron chi connectivity index (χ0n) is 14.9. The van der Waals surface area contributed by atoms with Crippen molar-refractivity contribution in [1.29, 1.82) is 0 Å². The number of amides is 1. The van der Waals surface area contributed by atoms with Crippen LogP contribution >= 0.6 is 12.2 Å². The second kappa shape index (κ2) is 7.85. The second-order valence-electron chi connectivity index (χ2n) is 6.57.